The van der Waals surface area contributed by atoms with Crippen LogP contribution in [0.4, 0.5) is 0 Å². The number of carbonyl (C=O) groups excluding carboxylic acids is 3. The van der Waals surface area contributed by atoms with Gasteiger partial charge >= 0.3 is 17.9 Å². The Morgan fingerprint density at radius 2 is 0.849 bits per heavy atom. The minimum absolute atomic E-state index is 0.108. The molecule has 0 fully saturated rings. The molecule has 0 aromatic carbocycles. The summed E-state index contributed by atoms with van der Waals surface area (Å²) < 4.78 is 16.5. The van der Waals surface area contributed by atoms with E-state index in [2.05, 4.69) is 81.5 Å². The van der Waals surface area contributed by atoms with Gasteiger partial charge < -0.3 is 14.2 Å². The van der Waals surface area contributed by atoms with Crippen LogP contribution in [0.25, 0.3) is 0 Å². The van der Waals surface area contributed by atoms with Crippen molar-refractivity contribution in [1.29, 1.82) is 0 Å². The lowest BCUT2D eigenvalue weighted by atomic mass is 10.1. The molecule has 0 bridgehead atoms. The molecule has 0 aromatic heterocycles. The van der Waals surface area contributed by atoms with E-state index >= 15 is 0 Å². The number of esters is 3. The Hall–Kier alpha value is -3.15. The number of carbonyl (C=O) groups is 3. The van der Waals surface area contributed by atoms with Gasteiger partial charge in [-0.05, 0) is 64.2 Å². The molecule has 0 aliphatic heterocycles. The molecule has 6 heteroatoms. The molecule has 0 saturated heterocycles. The predicted molar refractivity (Wildman–Crippen MR) is 224 cm³/mol. The van der Waals surface area contributed by atoms with Gasteiger partial charge in [0.2, 0.25) is 0 Å². The summed E-state index contributed by atoms with van der Waals surface area (Å²) in [5.74, 6) is -1.06. The standard InChI is InChI=1S/C47H78O6/c1-4-7-10-13-16-19-22-23-24-25-26-29-31-34-37-40-46(49)52-43-44(53-47(50)41-38-35-32-28-21-18-15-12-9-6-3)42-51-45(48)39-36-33-30-27-20-17-14-11-8-5-2/h7,10,12,15-16,19,23-24,26,29,34,37,44H,4-6,8-9,11,13-14,17-18,20-22,25,27-28,30-33,35-36,38-43H2,1-3H3/b10-7-,15-12-,19-16-,24-23-,29-26-,37-34-. The van der Waals surface area contributed by atoms with E-state index in [0.717, 1.165) is 89.9 Å². The summed E-state index contributed by atoms with van der Waals surface area (Å²) in [7, 11) is 0. The van der Waals surface area contributed by atoms with Gasteiger partial charge in [0.05, 0.1) is 6.42 Å². The van der Waals surface area contributed by atoms with Gasteiger partial charge in [-0.1, -0.05) is 177 Å². The predicted octanol–water partition coefficient (Wildman–Crippen LogP) is 13.5. The lowest BCUT2D eigenvalue weighted by molar-refractivity contribution is -0.166. The molecule has 0 aliphatic carbocycles. The summed E-state index contributed by atoms with van der Waals surface area (Å²) in [6.45, 7) is 6.32. The van der Waals surface area contributed by atoms with Crippen LogP contribution in [0.15, 0.2) is 72.9 Å². The van der Waals surface area contributed by atoms with Gasteiger partial charge in [0.1, 0.15) is 13.2 Å². The van der Waals surface area contributed by atoms with Gasteiger partial charge in [0, 0.05) is 12.8 Å². The fourth-order valence-electron chi connectivity index (χ4n) is 5.52. The minimum atomic E-state index is -0.814. The maximum Gasteiger partial charge on any atom is 0.309 e. The van der Waals surface area contributed by atoms with Crippen molar-refractivity contribution >= 4 is 17.9 Å². The zero-order valence-corrected chi connectivity index (χ0v) is 34.3. The van der Waals surface area contributed by atoms with Crippen LogP contribution in [0.3, 0.4) is 0 Å². The number of rotatable bonds is 37. The van der Waals surface area contributed by atoms with E-state index in [-0.39, 0.29) is 31.6 Å². The Bertz CT molecular complexity index is 1030. The van der Waals surface area contributed by atoms with Crippen LogP contribution in [0.1, 0.15) is 188 Å². The monoisotopic (exact) mass is 739 g/mol. The molecule has 0 aromatic rings. The molecule has 0 rings (SSSR count). The normalized spacial score (nSPS) is 12.7. The third-order valence-corrected chi connectivity index (χ3v) is 8.71. The third-order valence-electron chi connectivity index (χ3n) is 8.71. The van der Waals surface area contributed by atoms with Crippen molar-refractivity contribution in [2.45, 2.75) is 194 Å². The molecule has 0 aliphatic rings. The molecule has 0 spiro atoms. The average Bonchev–Trinajstić information content (AvgIpc) is 3.15. The fourth-order valence-corrected chi connectivity index (χ4v) is 5.52. The Balaban J connectivity index is 4.52. The van der Waals surface area contributed by atoms with Crippen LogP contribution in [0.2, 0.25) is 0 Å². The first-order valence-corrected chi connectivity index (χ1v) is 21.4. The van der Waals surface area contributed by atoms with Crippen LogP contribution in [0, 0.1) is 0 Å². The molecule has 0 heterocycles. The lowest BCUT2D eigenvalue weighted by Gasteiger charge is -2.18. The Kier molecular flexibility index (Phi) is 39.1. The first-order valence-electron chi connectivity index (χ1n) is 21.4. The van der Waals surface area contributed by atoms with Crippen LogP contribution in [-0.2, 0) is 28.6 Å². The van der Waals surface area contributed by atoms with Crippen LogP contribution in [0.5, 0.6) is 0 Å². The molecule has 1 unspecified atom stereocenters. The second-order valence-corrected chi connectivity index (χ2v) is 13.9. The SMILES string of the molecule is CC/C=C\C/C=C\C/C=C\C/C=C\C/C=C\CC(=O)OCC(COC(=O)CCCCCCCCCCCC)OC(=O)CCCCCCC/C=C\CCC. The highest BCUT2D eigenvalue weighted by atomic mass is 16.6. The maximum absolute atomic E-state index is 12.6. The van der Waals surface area contributed by atoms with Gasteiger partial charge in [-0.3, -0.25) is 14.4 Å². The topological polar surface area (TPSA) is 78.9 Å². The van der Waals surface area contributed by atoms with Crippen molar-refractivity contribution < 1.29 is 28.6 Å². The van der Waals surface area contributed by atoms with Gasteiger partial charge in [0.25, 0.3) is 0 Å². The van der Waals surface area contributed by atoms with Gasteiger partial charge in [-0.2, -0.15) is 0 Å². The second-order valence-electron chi connectivity index (χ2n) is 13.9. The van der Waals surface area contributed by atoms with Crippen molar-refractivity contribution in [2.24, 2.45) is 0 Å². The van der Waals surface area contributed by atoms with E-state index in [1.165, 1.54) is 57.8 Å². The highest BCUT2D eigenvalue weighted by Crippen LogP contribution is 2.13. The Morgan fingerprint density at radius 1 is 0.415 bits per heavy atom. The van der Waals surface area contributed by atoms with Gasteiger partial charge in [-0.25, -0.2) is 0 Å². The fraction of sp³-hybridized carbons (Fsp3) is 0.681. The molecular formula is C47H78O6. The quantitative estimate of drug-likeness (QED) is 0.0273. The van der Waals surface area contributed by atoms with E-state index in [0.29, 0.717) is 12.8 Å². The summed E-state index contributed by atoms with van der Waals surface area (Å²) in [6, 6.07) is 0. The van der Waals surface area contributed by atoms with E-state index in [1.807, 2.05) is 6.08 Å². The van der Waals surface area contributed by atoms with Gasteiger partial charge in [0.15, 0.2) is 6.10 Å². The van der Waals surface area contributed by atoms with E-state index in [9.17, 15) is 14.4 Å². The molecule has 302 valence electrons. The molecule has 0 radical (unpaired) electrons. The van der Waals surface area contributed by atoms with Gasteiger partial charge in [-0.15, -0.1) is 0 Å². The van der Waals surface area contributed by atoms with Crippen LogP contribution < -0.4 is 0 Å². The minimum Gasteiger partial charge on any atom is -0.462 e. The number of allylic oxidation sites excluding steroid dienone is 11. The first kappa shape index (κ1) is 49.9. The Labute approximate surface area is 325 Å². The average molecular weight is 739 g/mol. The summed E-state index contributed by atoms with van der Waals surface area (Å²) in [6.07, 6.45) is 50.5. The first-order chi connectivity index (χ1) is 26.0. The summed E-state index contributed by atoms with van der Waals surface area (Å²) in [5.41, 5.74) is 0. The molecule has 6 nitrogen and oxygen atoms in total. The van der Waals surface area contributed by atoms with E-state index < -0.39 is 12.1 Å². The summed E-state index contributed by atoms with van der Waals surface area (Å²) in [4.78, 5) is 37.5. The molecule has 0 saturated carbocycles. The summed E-state index contributed by atoms with van der Waals surface area (Å²) >= 11 is 0. The molecule has 0 amide bonds. The molecule has 53 heavy (non-hydrogen) atoms. The third kappa shape index (κ3) is 39.9. The second kappa shape index (κ2) is 41.6. The van der Waals surface area contributed by atoms with E-state index in [1.54, 1.807) is 6.08 Å². The van der Waals surface area contributed by atoms with Crippen molar-refractivity contribution in [3.05, 3.63) is 72.9 Å². The van der Waals surface area contributed by atoms with Crippen molar-refractivity contribution in [3.63, 3.8) is 0 Å². The van der Waals surface area contributed by atoms with E-state index in [4.69, 9.17) is 14.2 Å². The Morgan fingerprint density at radius 3 is 1.38 bits per heavy atom. The lowest BCUT2D eigenvalue weighted by Crippen LogP contribution is -2.30. The highest BCUT2D eigenvalue weighted by Gasteiger charge is 2.19. The number of hydrogen-bond acceptors (Lipinski definition) is 6. The van der Waals surface area contributed by atoms with Crippen molar-refractivity contribution in [2.75, 3.05) is 13.2 Å². The van der Waals surface area contributed by atoms with Crippen LogP contribution in [-0.4, -0.2) is 37.2 Å². The number of unbranched alkanes of at least 4 members (excludes halogenated alkanes) is 15. The maximum atomic E-state index is 12.6. The van der Waals surface area contributed by atoms with Crippen molar-refractivity contribution in [3.8, 4) is 0 Å². The number of ether oxygens (including phenoxy) is 3. The van der Waals surface area contributed by atoms with Crippen LogP contribution >= 0.6 is 0 Å². The van der Waals surface area contributed by atoms with Crippen molar-refractivity contribution in [1.82, 2.24) is 0 Å². The zero-order chi connectivity index (χ0) is 38.7. The largest absolute Gasteiger partial charge is 0.462 e. The highest BCUT2D eigenvalue weighted by molar-refractivity contribution is 5.72. The molecule has 0 N–H and O–H groups in total. The number of hydrogen-bond donors (Lipinski definition) is 0. The molecular weight excluding hydrogens is 661 g/mol. The summed E-state index contributed by atoms with van der Waals surface area (Å²) in [5, 5.41) is 0. The smallest absolute Gasteiger partial charge is 0.309 e. The zero-order valence-electron chi connectivity index (χ0n) is 34.3. The molecule has 1 atom stereocenters.